The largest absolute Gasteiger partial charge is 0.507 e. The molecule has 6 nitrogen and oxygen atoms in total. The molecular weight excluding hydrogens is 392 g/mol. The Morgan fingerprint density at radius 2 is 1.84 bits per heavy atom. The molecule has 6 heteroatoms. The van der Waals surface area contributed by atoms with Crippen LogP contribution in [0.15, 0.2) is 65.8 Å². The molecule has 0 radical (unpaired) electrons. The summed E-state index contributed by atoms with van der Waals surface area (Å²) in [5.41, 5.74) is 4.61. The number of benzene rings is 3. The lowest BCUT2D eigenvalue weighted by molar-refractivity contribution is -0.0203. The third-order valence-corrected chi connectivity index (χ3v) is 5.87. The molecule has 0 bridgehead atoms. The molecule has 3 aromatic rings. The summed E-state index contributed by atoms with van der Waals surface area (Å²) in [4.78, 5) is 0. The van der Waals surface area contributed by atoms with Crippen molar-refractivity contribution < 1.29 is 19.3 Å². The van der Waals surface area contributed by atoms with E-state index in [2.05, 4.69) is 6.07 Å². The Hall–Kier alpha value is -3.67. The molecule has 0 aromatic heterocycles. The highest BCUT2D eigenvalue weighted by molar-refractivity contribution is 6.04. The van der Waals surface area contributed by atoms with Gasteiger partial charge in [0.2, 0.25) is 6.23 Å². The molecule has 2 heterocycles. The van der Waals surface area contributed by atoms with Gasteiger partial charge in [-0.05, 0) is 37.3 Å². The summed E-state index contributed by atoms with van der Waals surface area (Å²) in [7, 11) is 3.26. The number of phenols is 1. The molecule has 0 amide bonds. The van der Waals surface area contributed by atoms with Gasteiger partial charge in [-0.3, -0.25) is 0 Å². The van der Waals surface area contributed by atoms with Gasteiger partial charge >= 0.3 is 0 Å². The van der Waals surface area contributed by atoms with Crippen LogP contribution in [0.3, 0.4) is 0 Å². The van der Waals surface area contributed by atoms with Crippen molar-refractivity contribution in [2.45, 2.75) is 25.6 Å². The molecule has 3 aromatic carbocycles. The van der Waals surface area contributed by atoms with Gasteiger partial charge in [0.05, 0.1) is 31.5 Å². The highest BCUT2D eigenvalue weighted by Gasteiger charge is 2.42. The molecule has 0 aliphatic carbocycles. The number of hydrogen-bond acceptors (Lipinski definition) is 6. The number of phenolic OH excluding ortho intramolecular Hbond substituents is 1. The van der Waals surface area contributed by atoms with E-state index in [1.165, 1.54) is 0 Å². The van der Waals surface area contributed by atoms with Crippen LogP contribution in [-0.4, -0.2) is 30.0 Å². The van der Waals surface area contributed by atoms with E-state index in [4.69, 9.17) is 19.3 Å². The second kappa shape index (κ2) is 7.54. The highest BCUT2D eigenvalue weighted by Crippen LogP contribution is 2.49. The summed E-state index contributed by atoms with van der Waals surface area (Å²) in [6.07, 6.45) is 0.206. The van der Waals surface area contributed by atoms with Crippen molar-refractivity contribution in [3.8, 4) is 23.0 Å². The zero-order chi connectivity index (χ0) is 21.5. The molecule has 158 valence electrons. The molecular formula is C25H24N2O4. The number of rotatable bonds is 4. The van der Waals surface area contributed by atoms with Crippen LogP contribution in [-0.2, 0) is 0 Å². The van der Waals surface area contributed by atoms with Gasteiger partial charge in [0.25, 0.3) is 0 Å². The van der Waals surface area contributed by atoms with E-state index in [1.807, 2.05) is 60.5 Å². The number of aryl methyl sites for hydroxylation is 1. The van der Waals surface area contributed by atoms with Crippen molar-refractivity contribution >= 4 is 5.71 Å². The molecule has 1 N–H and O–H groups in total. The fourth-order valence-corrected chi connectivity index (χ4v) is 4.31. The van der Waals surface area contributed by atoms with Crippen LogP contribution in [0.2, 0.25) is 0 Å². The molecule has 2 aliphatic rings. The summed E-state index contributed by atoms with van der Waals surface area (Å²) in [5, 5.41) is 17.4. The van der Waals surface area contributed by atoms with E-state index < -0.39 is 6.23 Å². The minimum atomic E-state index is -0.467. The molecule has 0 fully saturated rings. The monoisotopic (exact) mass is 416 g/mol. The standard InChI is InChI=1S/C25H24N2O4/c1-15-8-11-22(28)19(12-15)20-14-21-17-6-4-5-7-23(17)31-25(27(21)26-20)18-10-9-16(29-2)13-24(18)30-3/h4-13,21,25,28H,14H2,1-3H3. The van der Waals surface area contributed by atoms with Crippen LogP contribution >= 0.6 is 0 Å². The van der Waals surface area contributed by atoms with Crippen LogP contribution in [0.5, 0.6) is 23.0 Å². The first-order chi connectivity index (χ1) is 15.1. The molecule has 2 unspecified atom stereocenters. The molecule has 2 aliphatic heterocycles. The minimum absolute atomic E-state index is 0.00308. The van der Waals surface area contributed by atoms with Crippen molar-refractivity contribution in [3.05, 3.63) is 82.9 Å². The zero-order valence-electron chi connectivity index (χ0n) is 17.7. The second-order valence-corrected chi connectivity index (χ2v) is 7.78. The lowest BCUT2D eigenvalue weighted by atomic mass is 9.95. The lowest BCUT2D eigenvalue weighted by Gasteiger charge is -2.38. The first kappa shape index (κ1) is 19.3. The summed E-state index contributed by atoms with van der Waals surface area (Å²) >= 11 is 0. The van der Waals surface area contributed by atoms with Gasteiger partial charge in [0.1, 0.15) is 23.0 Å². The predicted molar refractivity (Wildman–Crippen MR) is 118 cm³/mol. The van der Waals surface area contributed by atoms with Gasteiger partial charge in [-0.15, -0.1) is 0 Å². The fourth-order valence-electron chi connectivity index (χ4n) is 4.31. The van der Waals surface area contributed by atoms with Crippen molar-refractivity contribution in [2.24, 2.45) is 5.10 Å². The van der Waals surface area contributed by atoms with E-state index in [0.29, 0.717) is 17.9 Å². The van der Waals surface area contributed by atoms with E-state index in [0.717, 1.165) is 33.7 Å². The minimum Gasteiger partial charge on any atom is -0.507 e. The second-order valence-electron chi connectivity index (χ2n) is 7.78. The SMILES string of the molecule is COc1ccc(C2Oc3ccccc3C3CC(c4cc(C)ccc4O)=NN32)c(OC)c1. The number of hydrogen-bond donors (Lipinski definition) is 1. The van der Waals surface area contributed by atoms with Gasteiger partial charge in [-0.2, -0.15) is 5.10 Å². The maximum Gasteiger partial charge on any atom is 0.217 e. The van der Waals surface area contributed by atoms with Crippen molar-refractivity contribution in [2.75, 3.05) is 14.2 Å². The Morgan fingerprint density at radius 1 is 1.00 bits per heavy atom. The van der Waals surface area contributed by atoms with Gasteiger partial charge in [0.15, 0.2) is 0 Å². The van der Waals surface area contributed by atoms with Crippen LogP contribution in [0.25, 0.3) is 0 Å². The summed E-state index contributed by atoms with van der Waals surface area (Å²) in [5.74, 6) is 2.45. The average molecular weight is 416 g/mol. The summed E-state index contributed by atoms with van der Waals surface area (Å²) in [6.45, 7) is 2.01. The third kappa shape index (κ3) is 3.24. The maximum atomic E-state index is 10.5. The Bertz CT molecular complexity index is 1170. The first-order valence-corrected chi connectivity index (χ1v) is 10.2. The average Bonchev–Trinajstić information content (AvgIpc) is 3.25. The number of ether oxygens (including phenoxy) is 3. The normalized spacial score (nSPS) is 19.2. The van der Waals surface area contributed by atoms with Gasteiger partial charge < -0.3 is 19.3 Å². The molecule has 2 atom stereocenters. The molecule has 31 heavy (non-hydrogen) atoms. The van der Waals surface area contributed by atoms with E-state index in [-0.39, 0.29) is 11.8 Å². The van der Waals surface area contributed by atoms with Crippen molar-refractivity contribution in [1.82, 2.24) is 5.01 Å². The van der Waals surface area contributed by atoms with E-state index in [9.17, 15) is 5.11 Å². The molecule has 0 saturated heterocycles. The van der Waals surface area contributed by atoms with Crippen molar-refractivity contribution in [3.63, 3.8) is 0 Å². The van der Waals surface area contributed by atoms with E-state index in [1.54, 1.807) is 20.3 Å². The smallest absolute Gasteiger partial charge is 0.217 e. The number of hydrazone groups is 1. The summed E-state index contributed by atoms with van der Waals surface area (Å²) in [6, 6.07) is 19.3. The van der Waals surface area contributed by atoms with Crippen LogP contribution in [0, 0.1) is 6.92 Å². The summed E-state index contributed by atoms with van der Waals surface area (Å²) < 4.78 is 17.4. The Balaban J connectivity index is 1.63. The van der Waals surface area contributed by atoms with E-state index >= 15 is 0 Å². The molecule has 0 spiro atoms. The zero-order valence-corrected chi connectivity index (χ0v) is 17.7. The van der Waals surface area contributed by atoms with Crippen LogP contribution in [0.4, 0.5) is 0 Å². The van der Waals surface area contributed by atoms with Gasteiger partial charge in [-0.1, -0.05) is 29.8 Å². The Kier molecular flexibility index (Phi) is 4.70. The number of para-hydroxylation sites is 1. The number of methoxy groups -OCH3 is 2. The molecule has 5 rings (SSSR count). The molecule has 0 saturated carbocycles. The van der Waals surface area contributed by atoms with Gasteiger partial charge in [-0.25, -0.2) is 5.01 Å². The first-order valence-electron chi connectivity index (χ1n) is 10.2. The topological polar surface area (TPSA) is 63.5 Å². The Morgan fingerprint density at radius 3 is 2.65 bits per heavy atom. The van der Waals surface area contributed by atoms with Gasteiger partial charge in [0, 0.05) is 23.6 Å². The fraction of sp³-hybridized carbons (Fsp3) is 0.240. The number of fused-ring (bicyclic) bond motifs is 3. The van der Waals surface area contributed by atoms with Crippen LogP contribution < -0.4 is 14.2 Å². The highest BCUT2D eigenvalue weighted by atomic mass is 16.5. The predicted octanol–water partition coefficient (Wildman–Crippen LogP) is 4.96. The number of nitrogens with zero attached hydrogens (tertiary/aromatic N) is 2. The lowest BCUT2D eigenvalue weighted by Crippen LogP contribution is -2.33. The number of aromatic hydroxyl groups is 1. The Labute approximate surface area is 181 Å². The van der Waals surface area contributed by atoms with Crippen molar-refractivity contribution in [1.29, 1.82) is 0 Å². The maximum absolute atomic E-state index is 10.5. The van der Waals surface area contributed by atoms with Crippen LogP contribution in [0.1, 0.15) is 40.9 Å². The quantitative estimate of drug-likeness (QED) is 0.651. The third-order valence-electron chi connectivity index (χ3n) is 5.87.